The van der Waals surface area contributed by atoms with Crippen molar-refractivity contribution in [3.8, 4) is 0 Å². The molecule has 1 aromatic carbocycles. The third-order valence-corrected chi connectivity index (χ3v) is 2.98. The van der Waals surface area contributed by atoms with E-state index in [4.69, 9.17) is 11.6 Å². The maximum absolute atomic E-state index is 6.01. The summed E-state index contributed by atoms with van der Waals surface area (Å²) in [5, 5.41) is 2.03. The smallest absolute Gasteiger partial charge is 0.0483 e. The number of rotatable bonds is 3. The van der Waals surface area contributed by atoms with Crippen molar-refractivity contribution < 1.29 is 0 Å². The molecule has 0 fully saturated rings. The number of fused-ring (bicyclic) bond motifs is 1. The zero-order chi connectivity index (χ0) is 11.7. The molecule has 0 aliphatic heterocycles. The normalized spacial score (nSPS) is 11.6. The summed E-state index contributed by atoms with van der Waals surface area (Å²) in [4.78, 5) is 2.18. The van der Waals surface area contributed by atoms with Crippen molar-refractivity contribution in [2.75, 3.05) is 14.1 Å². The van der Waals surface area contributed by atoms with Crippen molar-refractivity contribution in [2.24, 2.45) is 0 Å². The number of hydrogen-bond acceptors (Lipinski definition) is 1. The summed E-state index contributed by atoms with van der Waals surface area (Å²) in [6, 6.07) is 8.31. The number of halogens is 1. The van der Waals surface area contributed by atoms with Crippen LogP contribution in [0.4, 0.5) is 0 Å². The molecule has 0 atom stereocenters. The van der Waals surface area contributed by atoms with Gasteiger partial charge in [0.05, 0.1) is 0 Å². The van der Waals surface area contributed by atoms with Gasteiger partial charge in [-0.1, -0.05) is 11.6 Å². The average molecular weight is 237 g/mol. The number of benzene rings is 1. The Morgan fingerprint density at radius 1 is 1.25 bits per heavy atom. The molecule has 0 saturated carbocycles. The molecule has 0 unspecified atom stereocenters. The van der Waals surface area contributed by atoms with Crippen molar-refractivity contribution in [1.82, 2.24) is 9.47 Å². The Morgan fingerprint density at radius 2 is 2.00 bits per heavy atom. The average Bonchev–Trinajstić information content (AvgIpc) is 2.52. The third-order valence-electron chi connectivity index (χ3n) is 2.74. The molecule has 0 radical (unpaired) electrons. The predicted molar refractivity (Wildman–Crippen MR) is 70.0 cm³/mol. The number of aryl methyl sites for hydroxylation is 1. The molecular formula is C13H17ClN2. The fourth-order valence-corrected chi connectivity index (χ4v) is 2.31. The molecule has 0 bridgehead atoms. The second-order valence-corrected chi connectivity index (χ2v) is 4.76. The third kappa shape index (κ3) is 2.08. The van der Waals surface area contributed by atoms with Gasteiger partial charge in [-0.05, 0) is 45.3 Å². The van der Waals surface area contributed by atoms with E-state index in [9.17, 15) is 0 Å². The Balaban J connectivity index is 2.56. The first-order valence-corrected chi connectivity index (χ1v) is 5.92. The molecule has 0 aliphatic rings. The Bertz CT molecular complexity index is 500. The SMILES string of the molecule is CCn1c(CN(C)C)cc2cc(Cl)ccc21. The van der Waals surface area contributed by atoms with E-state index in [0.29, 0.717) is 0 Å². The lowest BCUT2D eigenvalue weighted by Gasteiger charge is -2.12. The lowest BCUT2D eigenvalue weighted by molar-refractivity contribution is 0.389. The van der Waals surface area contributed by atoms with E-state index >= 15 is 0 Å². The van der Waals surface area contributed by atoms with Crippen LogP contribution in [0.15, 0.2) is 24.3 Å². The zero-order valence-electron chi connectivity index (χ0n) is 10.00. The molecule has 1 aromatic heterocycles. The molecule has 0 aliphatic carbocycles. The van der Waals surface area contributed by atoms with E-state index in [1.54, 1.807) is 0 Å². The van der Waals surface area contributed by atoms with Crippen LogP contribution in [-0.2, 0) is 13.1 Å². The largest absolute Gasteiger partial charge is 0.344 e. The van der Waals surface area contributed by atoms with Crippen LogP contribution in [0.5, 0.6) is 0 Å². The quantitative estimate of drug-likeness (QED) is 0.793. The molecule has 3 heteroatoms. The van der Waals surface area contributed by atoms with Crippen molar-refractivity contribution in [2.45, 2.75) is 20.0 Å². The van der Waals surface area contributed by atoms with E-state index in [1.165, 1.54) is 16.6 Å². The van der Waals surface area contributed by atoms with Crippen LogP contribution < -0.4 is 0 Å². The van der Waals surface area contributed by atoms with Gasteiger partial charge in [0.2, 0.25) is 0 Å². The van der Waals surface area contributed by atoms with Crippen LogP contribution in [-0.4, -0.2) is 23.6 Å². The van der Waals surface area contributed by atoms with Crippen molar-refractivity contribution in [3.63, 3.8) is 0 Å². The lowest BCUT2D eigenvalue weighted by atomic mass is 10.2. The minimum absolute atomic E-state index is 0.803. The van der Waals surface area contributed by atoms with E-state index in [0.717, 1.165) is 18.1 Å². The highest BCUT2D eigenvalue weighted by molar-refractivity contribution is 6.31. The first-order valence-electron chi connectivity index (χ1n) is 5.54. The van der Waals surface area contributed by atoms with Crippen LogP contribution in [0.25, 0.3) is 10.9 Å². The van der Waals surface area contributed by atoms with Gasteiger partial charge in [-0.3, -0.25) is 0 Å². The molecule has 1 heterocycles. The lowest BCUT2D eigenvalue weighted by Crippen LogP contribution is -2.14. The standard InChI is InChI=1S/C13H17ClN2/c1-4-16-12(9-15(2)3)8-10-7-11(14)5-6-13(10)16/h5-8H,4,9H2,1-3H3. The molecular weight excluding hydrogens is 220 g/mol. The molecule has 2 rings (SSSR count). The van der Waals surface area contributed by atoms with E-state index in [2.05, 4.69) is 42.6 Å². The highest BCUT2D eigenvalue weighted by Gasteiger charge is 2.08. The van der Waals surface area contributed by atoms with Crippen molar-refractivity contribution in [3.05, 3.63) is 35.0 Å². The van der Waals surface area contributed by atoms with Gasteiger partial charge in [-0.25, -0.2) is 0 Å². The Hall–Kier alpha value is -0.990. The summed E-state index contributed by atoms with van der Waals surface area (Å²) in [7, 11) is 4.18. The fraction of sp³-hybridized carbons (Fsp3) is 0.385. The monoisotopic (exact) mass is 236 g/mol. The Kier molecular flexibility index (Phi) is 3.22. The summed E-state index contributed by atoms with van der Waals surface area (Å²) in [6.07, 6.45) is 0. The fourth-order valence-electron chi connectivity index (χ4n) is 2.13. The first kappa shape index (κ1) is 11.5. The minimum atomic E-state index is 0.803. The molecule has 0 spiro atoms. The van der Waals surface area contributed by atoms with Gasteiger partial charge >= 0.3 is 0 Å². The highest BCUT2D eigenvalue weighted by Crippen LogP contribution is 2.24. The minimum Gasteiger partial charge on any atom is -0.344 e. The first-order chi connectivity index (χ1) is 7.61. The molecule has 2 nitrogen and oxygen atoms in total. The second-order valence-electron chi connectivity index (χ2n) is 4.32. The summed E-state index contributed by atoms with van der Waals surface area (Å²) < 4.78 is 2.34. The maximum Gasteiger partial charge on any atom is 0.0483 e. The summed E-state index contributed by atoms with van der Waals surface area (Å²) in [6.45, 7) is 4.13. The topological polar surface area (TPSA) is 8.17 Å². The second kappa shape index (κ2) is 4.48. The summed E-state index contributed by atoms with van der Waals surface area (Å²) in [5.74, 6) is 0. The van der Waals surface area contributed by atoms with E-state index in [1.807, 2.05) is 12.1 Å². The summed E-state index contributed by atoms with van der Waals surface area (Å²) >= 11 is 6.01. The van der Waals surface area contributed by atoms with Crippen LogP contribution in [0.2, 0.25) is 5.02 Å². The van der Waals surface area contributed by atoms with Crippen LogP contribution >= 0.6 is 11.6 Å². The van der Waals surface area contributed by atoms with Gasteiger partial charge in [0.1, 0.15) is 0 Å². The molecule has 0 saturated heterocycles. The molecule has 2 aromatic rings. The van der Waals surface area contributed by atoms with Gasteiger partial charge in [-0.15, -0.1) is 0 Å². The van der Waals surface area contributed by atoms with Crippen molar-refractivity contribution in [1.29, 1.82) is 0 Å². The maximum atomic E-state index is 6.01. The highest BCUT2D eigenvalue weighted by atomic mass is 35.5. The van der Waals surface area contributed by atoms with Gasteiger partial charge in [-0.2, -0.15) is 0 Å². The van der Waals surface area contributed by atoms with Crippen LogP contribution in [0.3, 0.4) is 0 Å². The van der Waals surface area contributed by atoms with Gasteiger partial charge in [0.15, 0.2) is 0 Å². The number of nitrogens with zero attached hydrogens (tertiary/aromatic N) is 2. The predicted octanol–water partition coefficient (Wildman–Crippen LogP) is 3.38. The van der Waals surface area contributed by atoms with Crippen molar-refractivity contribution >= 4 is 22.5 Å². The Labute approximate surface area is 101 Å². The van der Waals surface area contributed by atoms with E-state index < -0.39 is 0 Å². The van der Waals surface area contributed by atoms with Gasteiger partial charge in [0, 0.05) is 34.7 Å². The number of aromatic nitrogens is 1. The Morgan fingerprint density at radius 3 is 2.62 bits per heavy atom. The molecule has 0 N–H and O–H groups in total. The van der Waals surface area contributed by atoms with Crippen LogP contribution in [0.1, 0.15) is 12.6 Å². The molecule has 16 heavy (non-hydrogen) atoms. The van der Waals surface area contributed by atoms with E-state index in [-0.39, 0.29) is 0 Å². The number of hydrogen-bond donors (Lipinski definition) is 0. The van der Waals surface area contributed by atoms with Crippen LogP contribution in [0, 0.1) is 0 Å². The zero-order valence-corrected chi connectivity index (χ0v) is 10.8. The van der Waals surface area contributed by atoms with Gasteiger partial charge in [0.25, 0.3) is 0 Å². The van der Waals surface area contributed by atoms with Gasteiger partial charge < -0.3 is 9.47 Å². The molecule has 86 valence electrons. The molecule has 0 amide bonds. The summed E-state index contributed by atoms with van der Waals surface area (Å²) in [5.41, 5.74) is 2.61.